The van der Waals surface area contributed by atoms with Gasteiger partial charge >= 0.3 is 6.03 Å². The normalized spacial score (nSPS) is 10.1. The summed E-state index contributed by atoms with van der Waals surface area (Å²) in [5, 5.41) is 5.39. The Labute approximate surface area is 114 Å². The topological polar surface area (TPSA) is 66.5 Å². The van der Waals surface area contributed by atoms with Gasteiger partial charge < -0.3 is 20.3 Å². The van der Waals surface area contributed by atoms with Crippen molar-refractivity contribution in [1.82, 2.24) is 10.3 Å². The van der Waals surface area contributed by atoms with Gasteiger partial charge in [0.05, 0.1) is 18.5 Å². The summed E-state index contributed by atoms with van der Waals surface area (Å²) in [6.07, 6.45) is 1.66. The van der Waals surface area contributed by atoms with Crippen LogP contribution in [0, 0.1) is 0 Å². The lowest BCUT2D eigenvalue weighted by molar-refractivity contribution is 0.198. The number of anilines is 2. The Morgan fingerprint density at radius 1 is 1.37 bits per heavy atom. The maximum absolute atomic E-state index is 11.5. The van der Waals surface area contributed by atoms with Crippen molar-refractivity contribution in [2.75, 3.05) is 43.6 Å². The molecule has 2 amide bonds. The van der Waals surface area contributed by atoms with E-state index >= 15 is 0 Å². The number of rotatable bonds is 7. The van der Waals surface area contributed by atoms with E-state index in [9.17, 15) is 4.79 Å². The molecule has 1 heterocycles. The second-order valence-electron chi connectivity index (χ2n) is 3.95. The van der Waals surface area contributed by atoms with Gasteiger partial charge in [-0.1, -0.05) is 0 Å². The van der Waals surface area contributed by atoms with Crippen LogP contribution < -0.4 is 15.5 Å². The number of aromatic nitrogens is 1. The van der Waals surface area contributed by atoms with Crippen molar-refractivity contribution >= 4 is 17.5 Å². The zero-order valence-electron chi connectivity index (χ0n) is 11.8. The summed E-state index contributed by atoms with van der Waals surface area (Å²) in [6, 6.07) is 3.49. The van der Waals surface area contributed by atoms with Crippen molar-refractivity contribution in [2.24, 2.45) is 0 Å². The fourth-order valence-electron chi connectivity index (χ4n) is 1.64. The molecule has 0 aliphatic rings. The molecule has 0 aliphatic carbocycles. The molecule has 106 valence electrons. The lowest BCUT2D eigenvalue weighted by atomic mass is 10.3. The number of nitrogens with one attached hydrogen (secondary N) is 2. The van der Waals surface area contributed by atoms with E-state index in [1.54, 1.807) is 13.3 Å². The summed E-state index contributed by atoms with van der Waals surface area (Å²) in [7, 11) is 1.59. The Bertz CT molecular complexity index is 377. The highest BCUT2D eigenvalue weighted by Gasteiger charge is 2.04. The standard InChI is InChI=1S/C13H22N4O2/c1-4-17(5-2)12-7-6-11(10-15-12)16-13(18)14-8-9-19-3/h6-7,10H,4-5,8-9H2,1-3H3,(H2,14,16,18). The molecule has 0 fully saturated rings. The lowest BCUT2D eigenvalue weighted by Crippen LogP contribution is -2.31. The van der Waals surface area contributed by atoms with Crippen LogP contribution in [0.2, 0.25) is 0 Å². The number of urea groups is 1. The molecule has 1 aromatic rings. The minimum atomic E-state index is -0.255. The number of amides is 2. The van der Waals surface area contributed by atoms with Crippen LogP contribution in [0.4, 0.5) is 16.3 Å². The highest BCUT2D eigenvalue weighted by Crippen LogP contribution is 2.13. The minimum absolute atomic E-state index is 0.255. The fourth-order valence-corrected chi connectivity index (χ4v) is 1.64. The zero-order valence-corrected chi connectivity index (χ0v) is 11.8. The predicted octanol–water partition coefficient (Wildman–Crippen LogP) is 1.70. The number of carbonyl (C=O) groups excluding carboxylic acids is 1. The molecule has 1 rings (SSSR count). The Morgan fingerprint density at radius 2 is 2.11 bits per heavy atom. The maximum atomic E-state index is 11.5. The van der Waals surface area contributed by atoms with Gasteiger partial charge in [0.25, 0.3) is 0 Å². The molecule has 6 nitrogen and oxygen atoms in total. The van der Waals surface area contributed by atoms with Crippen LogP contribution in [0.5, 0.6) is 0 Å². The molecule has 0 unspecified atom stereocenters. The number of methoxy groups -OCH3 is 1. The van der Waals surface area contributed by atoms with Crippen LogP contribution in [0.3, 0.4) is 0 Å². The molecular formula is C13H22N4O2. The number of pyridine rings is 1. The van der Waals surface area contributed by atoms with Gasteiger partial charge in [0, 0.05) is 26.7 Å². The van der Waals surface area contributed by atoms with Crippen molar-refractivity contribution < 1.29 is 9.53 Å². The van der Waals surface area contributed by atoms with Gasteiger partial charge in [0.2, 0.25) is 0 Å². The van der Waals surface area contributed by atoms with E-state index in [4.69, 9.17) is 4.74 Å². The van der Waals surface area contributed by atoms with E-state index in [0.717, 1.165) is 18.9 Å². The molecular weight excluding hydrogens is 244 g/mol. The fraction of sp³-hybridized carbons (Fsp3) is 0.538. The van der Waals surface area contributed by atoms with Gasteiger partial charge in [-0.05, 0) is 26.0 Å². The largest absolute Gasteiger partial charge is 0.383 e. The van der Waals surface area contributed by atoms with E-state index in [1.807, 2.05) is 12.1 Å². The maximum Gasteiger partial charge on any atom is 0.319 e. The minimum Gasteiger partial charge on any atom is -0.383 e. The Kier molecular flexibility index (Phi) is 6.67. The highest BCUT2D eigenvalue weighted by atomic mass is 16.5. The van der Waals surface area contributed by atoms with E-state index in [-0.39, 0.29) is 6.03 Å². The van der Waals surface area contributed by atoms with Gasteiger partial charge in [-0.3, -0.25) is 0 Å². The van der Waals surface area contributed by atoms with E-state index < -0.39 is 0 Å². The van der Waals surface area contributed by atoms with Gasteiger partial charge in [0.1, 0.15) is 5.82 Å². The van der Waals surface area contributed by atoms with Crippen LogP contribution in [0.25, 0.3) is 0 Å². The summed E-state index contributed by atoms with van der Waals surface area (Å²) >= 11 is 0. The molecule has 1 aromatic heterocycles. The first-order valence-electron chi connectivity index (χ1n) is 6.46. The van der Waals surface area contributed by atoms with E-state index in [2.05, 4.69) is 34.4 Å². The first kappa shape index (κ1) is 15.2. The quantitative estimate of drug-likeness (QED) is 0.737. The van der Waals surface area contributed by atoms with Gasteiger partial charge in [-0.2, -0.15) is 0 Å². The molecule has 0 radical (unpaired) electrons. The first-order valence-corrected chi connectivity index (χ1v) is 6.46. The van der Waals surface area contributed by atoms with Crippen molar-refractivity contribution in [3.63, 3.8) is 0 Å². The third kappa shape index (κ3) is 5.13. The molecule has 2 N–H and O–H groups in total. The van der Waals surface area contributed by atoms with E-state index in [1.165, 1.54) is 0 Å². The second-order valence-corrected chi connectivity index (χ2v) is 3.95. The van der Waals surface area contributed by atoms with Crippen molar-refractivity contribution in [3.05, 3.63) is 18.3 Å². The molecule has 6 heteroatoms. The number of ether oxygens (including phenoxy) is 1. The Hall–Kier alpha value is -1.82. The van der Waals surface area contributed by atoms with Gasteiger partial charge in [-0.15, -0.1) is 0 Å². The number of hydrogen-bond donors (Lipinski definition) is 2. The molecule has 19 heavy (non-hydrogen) atoms. The van der Waals surface area contributed by atoms with Crippen LogP contribution in [0.15, 0.2) is 18.3 Å². The lowest BCUT2D eigenvalue weighted by Gasteiger charge is -2.19. The third-order valence-corrected chi connectivity index (χ3v) is 2.68. The first-order chi connectivity index (χ1) is 9.21. The number of hydrogen-bond acceptors (Lipinski definition) is 4. The second kappa shape index (κ2) is 8.31. The summed E-state index contributed by atoms with van der Waals surface area (Å²) in [5.74, 6) is 0.912. The van der Waals surface area contributed by atoms with Crippen LogP contribution >= 0.6 is 0 Å². The van der Waals surface area contributed by atoms with E-state index in [0.29, 0.717) is 18.8 Å². The highest BCUT2D eigenvalue weighted by molar-refractivity contribution is 5.89. The number of carbonyl (C=O) groups is 1. The van der Waals surface area contributed by atoms with Gasteiger partial charge in [0.15, 0.2) is 0 Å². The van der Waals surface area contributed by atoms with Crippen LogP contribution in [-0.4, -0.2) is 44.4 Å². The van der Waals surface area contributed by atoms with Crippen molar-refractivity contribution in [2.45, 2.75) is 13.8 Å². The summed E-state index contributed by atoms with van der Waals surface area (Å²) in [5.41, 5.74) is 0.672. The smallest absolute Gasteiger partial charge is 0.319 e. The molecule has 0 bridgehead atoms. The monoisotopic (exact) mass is 266 g/mol. The van der Waals surface area contributed by atoms with Gasteiger partial charge in [-0.25, -0.2) is 9.78 Å². The average molecular weight is 266 g/mol. The molecule has 0 atom stereocenters. The molecule has 0 saturated heterocycles. The molecule has 0 aliphatic heterocycles. The van der Waals surface area contributed by atoms with Crippen LogP contribution in [0.1, 0.15) is 13.8 Å². The molecule has 0 saturated carbocycles. The Morgan fingerprint density at radius 3 is 2.63 bits per heavy atom. The SMILES string of the molecule is CCN(CC)c1ccc(NC(=O)NCCOC)cn1. The summed E-state index contributed by atoms with van der Waals surface area (Å²) < 4.78 is 4.85. The summed E-state index contributed by atoms with van der Waals surface area (Å²) in [6.45, 7) is 6.96. The zero-order chi connectivity index (χ0) is 14.1. The predicted molar refractivity (Wildman–Crippen MR) is 76.7 cm³/mol. The van der Waals surface area contributed by atoms with Crippen molar-refractivity contribution in [1.29, 1.82) is 0 Å². The number of nitrogens with zero attached hydrogens (tertiary/aromatic N) is 2. The average Bonchev–Trinajstić information content (AvgIpc) is 2.42. The van der Waals surface area contributed by atoms with Crippen molar-refractivity contribution in [3.8, 4) is 0 Å². The third-order valence-electron chi connectivity index (χ3n) is 2.68. The van der Waals surface area contributed by atoms with Crippen LogP contribution in [-0.2, 0) is 4.74 Å². The molecule has 0 aromatic carbocycles. The molecule has 0 spiro atoms. The summed E-state index contributed by atoms with van der Waals surface area (Å²) in [4.78, 5) is 18.0. The Balaban J connectivity index is 2.50.